The van der Waals surface area contributed by atoms with Crippen LogP contribution in [0, 0.1) is 5.92 Å². The molecule has 0 aromatic heterocycles. The van der Waals surface area contributed by atoms with Crippen LogP contribution in [0.1, 0.15) is 65.7 Å². The number of unbranched alkanes of at least 4 members (excludes halogenated alkanes) is 4. The molecule has 1 heterocycles. The summed E-state index contributed by atoms with van der Waals surface area (Å²) >= 11 is 0. The Kier molecular flexibility index (Phi) is 7.14. The van der Waals surface area contributed by atoms with Crippen LogP contribution in [0.4, 0.5) is 0 Å². The molecule has 1 saturated heterocycles. The third-order valence-electron chi connectivity index (χ3n) is 4.40. The van der Waals surface area contributed by atoms with Crippen LogP contribution in [0.15, 0.2) is 0 Å². The van der Waals surface area contributed by atoms with Crippen molar-refractivity contribution >= 4 is 0 Å². The fraction of sp³-hybridized carbons (Fsp3) is 1.00. The quantitative estimate of drug-likeness (QED) is 0.691. The summed E-state index contributed by atoms with van der Waals surface area (Å²) in [4.78, 5) is 2.60. The minimum absolute atomic E-state index is 0.395. The number of rotatable bonds is 7. The average molecular weight is 240 g/mol. The lowest BCUT2D eigenvalue weighted by molar-refractivity contribution is 0.121. The third-order valence-corrected chi connectivity index (χ3v) is 4.40. The van der Waals surface area contributed by atoms with E-state index in [4.69, 9.17) is 5.73 Å². The summed E-state index contributed by atoms with van der Waals surface area (Å²) in [5.41, 5.74) is 6.16. The largest absolute Gasteiger partial charge is 0.326 e. The number of nitrogens with zero attached hydrogens (tertiary/aromatic N) is 1. The van der Waals surface area contributed by atoms with Gasteiger partial charge in [0.15, 0.2) is 0 Å². The molecular weight excluding hydrogens is 208 g/mol. The molecule has 2 heteroatoms. The molecule has 0 saturated carbocycles. The lowest BCUT2D eigenvalue weighted by Crippen LogP contribution is -2.50. The second-order valence-corrected chi connectivity index (χ2v) is 5.98. The predicted octanol–water partition coefficient (Wildman–Crippen LogP) is 3.40. The monoisotopic (exact) mass is 240 g/mol. The molecule has 3 unspecified atom stereocenters. The second-order valence-electron chi connectivity index (χ2n) is 5.98. The van der Waals surface area contributed by atoms with Crippen LogP contribution in [-0.2, 0) is 0 Å². The van der Waals surface area contributed by atoms with Crippen LogP contribution in [-0.4, -0.2) is 30.1 Å². The van der Waals surface area contributed by atoms with Gasteiger partial charge in [-0.05, 0) is 32.2 Å². The van der Waals surface area contributed by atoms with Gasteiger partial charge in [-0.3, -0.25) is 4.90 Å². The summed E-state index contributed by atoms with van der Waals surface area (Å²) in [6, 6.07) is 1.13. The molecule has 1 aliphatic rings. The van der Waals surface area contributed by atoms with Crippen molar-refractivity contribution in [2.24, 2.45) is 11.7 Å². The van der Waals surface area contributed by atoms with E-state index in [9.17, 15) is 0 Å². The molecule has 2 N–H and O–H groups in total. The summed E-state index contributed by atoms with van der Waals surface area (Å²) < 4.78 is 0. The topological polar surface area (TPSA) is 29.3 Å². The third kappa shape index (κ3) is 5.39. The van der Waals surface area contributed by atoms with E-state index >= 15 is 0 Å². The summed E-state index contributed by atoms with van der Waals surface area (Å²) in [5.74, 6) is 0.711. The van der Waals surface area contributed by atoms with Gasteiger partial charge in [0.25, 0.3) is 0 Å². The standard InChI is InChI=1S/C15H32N2/c1-4-5-6-7-8-9-14(3)17-11-10-13(2)15(16)12-17/h13-15H,4-12,16H2,1-3H3. The van der Waals surface area contributed by atoms with Crippen molar-refractivity contribution in [3.63, 3.8) is 0 Å². The minimum atomic E-state index is 0.395. The Morgan fingerprint density at radius 2 is 1.94 bits per heavy atom. The molecule has 1 aliphatic heterocycles. The van der Waals surface area contributed by atoms with Crippen molar-refractivity contribution in [3.05, 3.63) is 0 Å². The summed E-state index contributed by atoms with van der Waals surface area (Å²) in [7, 11) is 0. The molecule has 0 amide bonds. The highest BCUT2D eigenvalue weighted by atomic mass is 15.2. The molecular formula is C15H32N2. The van der Waals surface area contributed by atoms with Gasteiger partial charge in [0.05, 0.1) is 0 Å². The fourth-order valence-corrected chi connectivity index (χ4v) is 2.75. The molecule has 1 rings (SSSR count). The lowest BCUT2D eigenvalue weighted by atomic mass is 9.92. The number of nitrogens with two attached hydrogens (primary N) is 1. The van der Waals surface area contributed by atoms with E-state index in [0.29, 0.717) is 12.0 Å². The Hall–Kier alpha value is -0.0800. The van der Waals surface area contributed by atoms with Gasteiger partial charge < -0.3 is 5.73 Å². The average Bonchev–Trinajstić information content (AvgIpc) is 2.32. The zero-order valence-corrected chi connectivity index (χ0v) is 12.1. The van der Waals surface area contributed by atoms with Gasteiger partial charge in [0.1, 0.15) is 0 Å². The van der Waals surface area contributed by atoms with Gasteiger partial charge in [-0.15, -0.1) is 0 Å². The maximum atomic E-state index is 6.16. The lowest BCUT2D eigenvalue weighted by Gasteiger charge is -2.38. The molecule has 2 nitrogen and oxygen atoms in total. The van der Waals surface area contributed by atoms with Crippen molar-refractivity contribution in [2.45, 2.75) is 77.8 Å². The number of hydrogen-bond acceptors (Lipinski definition) is 2. The first-order valence-corrected chi connectivity index (χ1v) is 7.64. The van der Waals surface area contributed by atoms with Crippen molar-refractivity contribution in [1.29, 1.82) is 0 Å². The normalized spacial score (nSPS) is 28.2. The van der Waals surface area contributed by atoms with E-state index < -0.39 is 0 Å². The van der Waals surface area contributed by atoms with Gasteiger partial charge in [-0.25, -0.2) is 0 Å². The van der Waals surface area contributed by atoms with Crippen LogP contribution in [0.5, 0.6) is 0 Å². The van der Waals surface area contributed by atoms with E-state index in [1.54, 1.807) is 0 Å². The zero-order chi connectivity index (χ0) is 12.7. The molecule has 1 fully saturated rings. The van der Waals surface area contributed by atoms with Gasteiger partial charge in [0.2, 0.25) is 0 Å². The molecule has 17 heavy (non-hydrogen) atoms. The Bertz CT molecular complexity index is 193. The van der Waals surface area contributed by atoms with E-state index in [2.05, 4.69) is 25.7 Å². The molecule has 0 aromatic rings. The first-order chi connectivity index (χ1) is 8.15. The fourth-order valence-electron chi connectivity index (χ4n) is 2.75. The summed E-state index contributed by atoms with van der Waals surface area (Å²) in [5, 5.41) is 0. The van der Waals surface area contributed by atoms with Crippen LogP contribution < -0.4 is 5.73 Å². The number of piperidine rings is 1. The highest BCUT2D eigenvalue weighted by Gasteiger charge is 2.25. The smallest absolute Gasteiger partial charge is 0.0194 e. The van der Waals surface area contributed by atoms with Crippen LogP contribution in [0.25, 0.3) is 0 Å². The van der Waals surface area contributed by atoms with E-state index in [-0.39, 0.29) is 0 Å². The van der Waals surface area contributed by atoms with Crippen molar-refractivity contribution in [3.8, 4) is 0 Å². The molecule has 0 bridgehead atoms. The van der Waals surface area contributed by atoms with Crippen LogP contribution in [0.3, 0.4) is 0 Å². The van der Waals surface area contributed by atoms with Crippen LogP contribution >= 0.6 is 0 Å². The molecule has 0 radical (unpaired) electrons. The Morgan fingerprint density at radius 1 is 1.24 bits per heavy atom. The maximum Gasteiger partial charge on any atom is 0.0194 e. The number of hydrogen-bond donors (Lipinski definition) is 1. The second kappa shape index (κ2) is 8.10. The molecule has 0 spiro atoms. The summed E-state index contributed by atoms with van der Waals surface area (Å²) in [6.07, 6.45) is 9.60. The highest BCUT2D eigenvalue weighted by Crippen LogP contribution is 2.20. The van der Waals surface area contributed by atoms with Gasteiger partial charge >= 0.3 is 0 Å². The zero-order valence-electron chi connectivity index (χ0n) is 12.1. The predicted molar refractivity (Wildman–Crippen MR) is 76.2 cm³/mol. The first kappa shape index (κ1) is 15.0. The van der Waals surface area contributed by atoms with Crippen molar-refractivity contribution in [2.75, 3.05) is 13.1 Å². The highest BCUT2D eigenvalue weighted by molar-refractivity contribution is 4.83. The van der Waals surface area contributed by atoms with E-state index in [1.165, 1.54) is 51.5 Å². The Morgan fingerprint density at radius 3 is 2.59 bits per heavy atom. The van der Waals surface area contributed by atoms with Crippen LogP contribution in [0.2, 0.25) is 0 Å². The SMILES string of the molecule is CCCCCCCC(C)N1CCC(C)C(N)C1. The van der Waals surface area contributed by atoms with E-state index in [0.717, 1.165) is 12.6 Å². The first-order valence-electron chi connectivity index (χ1n) is 7.64. The van der Waals surface area contributed by atoms with Crippen molar-refractivity contribution < 1.29 is 0 Å². The molecule has 102 valence electrons. The molecule has 0 aliphatic carbocycles. The van der Waals surface area contributed by atoms with E-state index in [1.807, 2.05) is 0 Å². The van der Waals surface area contributed by atoms with Crippen molar-refractivity contribution in [1.82, 2.24) is 4.90 Å². The maximum absolute atomic E-state index is 6.16. The minimum Gasteiger partial charge on any atom is -0.326 e. The molecule has 3 atom stereocenters. The summed E-state index contributed by atoms with van der Waals surface area (Å²) in [6.45, 7) is 9.31. The molecule has 0 aromatic carbocycles. The Labute approximate surface area is 108 Å². The number of likely N-dealkylation sites (tertiary alicyclic amines) is 1. The van der Waals surface area contributed by atoms with Gasteiger partial charge in [-0.2, -0.15) is 0 Å². The van der Waals surface area contributed by atoms with Gasteiger partial charge in [0, 0.05) is 18.6 Å². The van der Waals surface area contributed by atoms with Gasteiger partial charge in [-0.1, -0.05) is 46.0 Å². The Balaban J connectivity index is 2.12.